The van der Waals surface area contributed by atoms with Gasteiger partial charge in [-0.25, -0.2) is 0 Å². The number of aliphatic hydroxyl groups is 1. The SMILES string of the molecule is COc1ccc(OC)c([C@@H]2C(=C(O)c3ccc(Cl)cc3)C(=O)C(=O)N2Cc2cccnc2)c1. The van der Waals surface area contributed by atoms with Crippen LogP contribution in [0, 0.1) is 0 Å². The second-order valence-corrected chi connectivity index (χ2v) is 7.84. The van der Waals surface area contributed by atoms with E-state index in [0.29, 0.717) is 27.6 Å². The number of Topliss-reactive ketones (excluding diaryl/α,β-unsaturated/α-hetero) is 1. The van der Waals surface area contributed by atoms with E-state index >= 15 is 0 Å². The molecule has 3 aromatic rings. The molecule has 1 fully saturated rings. The molecule has 0 aliphatic carbocycles. The first-order valence-electron chi connectivity index (χ1n) is 10.1. The van der Waals surface area contributed by atoms with Gasteiger partial charge in [0.1, 0.15) is 17.3 Å². The number of carbonyl (C=O) groups is 2. The molecule has 7 nitrogen and oxygen atoms in total. The Balaban J connectivity index is 1.93. The molecule has 2 aromatic carbocycles. The Morgan fingerprint density at radius 2 is 1.85 bits per heavy atom. The summed E-state index contributed by atoms with van der Waals surface area (Å²) in [6.07, 6.45) is 3.25. The number of carbonyl (C=O) groups excluding carboxylic acids is 2. The third-order valence-electron chi connectivity index (χ3n) is 5.46. The average Bonchev–Trinajstić information content (AvgIpc) is 3.09. The van der Waals surface area contributed by atoms with Crippen molar-refractivity contribution < 1.29 is 24.2 Å². The van der Waals surface area contributed by atoms with Gasteiger partial charge >= 0.3 is 0 Å². The summed E-state index contributed by atoms with van der Waals surface area (Å²) < 4.78 is 10.9. The van der Waals surface area contributed by atoms with E-state index in [9.17, 15) is 14.7 Å². The molecule has 1 saturated heterocycles. The molecule has 33 heavy (non-hydrogen) atoms. The van der Waals surface area contributed by atoms with Crippen LogP contribution >= 0.6 is 11.6 Å². The number of hydrogen-bond acceptors (Lipinski definition) is 6. The van der Waals surface area contributed by atoms with Gasteiger partial charge in [-0.1, -0.05) is 17.7 Å². The van der Waals surface area contributed by atoms with Gasteiger partial charge in [-0.05, 0) is 54.1 Å². The summed E-state index contributed by atoms with van der Waals surface area (Å²) in [5.74, 6) is -0.857. The fourth-order valence-electron chi connectivity index (χ4n) is 3.87. The predicted molar refractivity (Wildman–Crippen MR) is 123 cm³/mol. The molecular formula is C25H21ClN2O5. The Labute approximate surface area is 195 Å². The molecule has 168 valence electrons. The highest BCUT2D eigenvalue weighted by Crippen LogP contribution is 2.44. The predicted octanol–water partition coefficient (Wildman–Crippen LogP) is 4.37. The summed E-state index contributed by atoms with van der Waals surface area (Å²) in [4.78, 5) is 31.9. The van der Waals surface area contributed by atoms with Crippen LogP contribution in [0.4, 0.5) is 0 Å². The van der Waals surface area contributed by atoms with Crippen LogP contribution in [-0.4, -0.2) is 40.9 Å². The number of ketones is 1. The number of rotatable bonds is 6. The fourth-order valence-corrected chi connectivity index (χ4v) is 4.00. The van der Waals surface area contributed by atoms with Crippen LogP contribution in [-0.2, 0) is 16.1 Å². The van der Waals surface area contributed by atoms with E-state index in [2.05, 4.69) is 4.98 Å². The van der Waals surface area contributed by atoms with Gasteiger partial charge in [0.05, 0.1) is 25.8 Å². The topological polar surface area (TPSA) is 89.0 Å². The van der Waals surface area contributed by atoms with E-state index in [-0.39, 0.29) is 17.9 Å². The molecule has 0 spiro atoms. The van der Waals surface area contributed by atoms with E-state index in [4.69, 9.17) is 21.1 Å². The van der Waals surface area contributed by atoms with Gasteiger partial charge in [0.2, 0.25) is 0 Å². The average molecular weight is 465 g/mol. The van der Waals surface area contributed by atoms with Crippen molar-refractivity contribution in [2.24, 2.45) is 0 Å². The molecule has 8 heteroatoms. The lowest BCUT2D eigenvalue weighted by molar-refractivity contribution is -0.140. The van der Waals surface area contributed by atoms with Gasteiger partial charge in [-0.2, -0.15) is 0 Å². The minimum absolute atomic E-state index is 0.0437. The summed E-state index contributed by atoms with van der Waals surface area (Å²) in [5, 5.41) is 11.6. The quantitative estimate of drug-likeness (QED) is 0.331. The molecule has 4 rings (SSSR count). The number of ether oxygens (including phenoxy) is 2. The fraction of sp³-hybridized carbons (Fsp3) is 0.160. The zero-order valence-electron chi connectivity index (χ0n) is 18.0. The van der Waals surface area contributed by atoms with Gasteiger partial charge < -0.3 is 19.5 Å². The number of hydrogen-bond donors (Lipinski definition) is 1. The summed E-state index contributed by atoms with van der Waals surface area (Å²) in [7, 11) is 3.02. The molecule has 1 atom stereocenters. The summed E-state index contributed by atoms with van der Waals surface area (Å²) in [5.41, 5.74) is 1.57. The molecule has 1 amide bonds. The number of benzene rings is 2. The van der Waals surface area contributed by atoms with Crippen molar-refractivity contribution in [3.8, 4) is 11.5 Å². The Hall–Kier alpha value is -3.84. The summed E-state index contributed by atoms with van der Waals surface area (Å²) in [6, 6.07) is 14.1. The first kappa shape index (κ1) is 22.4. The van der Waals surface area contributed by atoms with Gasteiger partial charge in [0.15, 0.2) is 0 Å². The lowest BCUT2D eigenvalue weighted by atomic mass is 9.94. The molecule has 1 aliphatic heterocycles. The van der Waals surface area contributed by atoms with Crippen molar-refractivity contribution in [2.45, 2.75) is 12.6 Å². The molecule has 0 unspecified atom stereocenters. The van der Waals surface area contributed by atoms with Crippen LogP contribution in [0.25, 0.3) is 5.76 Å². The normalized spacial score (nSPS) is 17.3. The highest BCUT2D eigenvalue weighted by atomic mass is 35.5. The van der Waals surface area contributed by atoms with E-state index < -0.39 is 17.7 Å². The highest BCUT2D eigenvalue weighted by molar-refractivity contribution is 6.46. The first-order valence-corrected chi connectivity index (χ1v) is 10.5. The summed E-state index contributed by atoms with van der Waals surface area (Å²) >= 11 is 5.98. The number of nitrogens with zero attached hydrogens (tertiary/aromatic N) is 2. The van der Waals surface area contributed by atoms with E-state index in [0.717, 1.165) is 5.56 Å². The van der Waals surface area contributed by atoms with Crippen LogP contribution in [0.5, 0.6) is 11.5 Å². The van der Waals surface area contributed by atoms with Crippen LogP contribution in [0.15, 0.2) is 72.6 Å². The minimum Gasteiger partial charge on any atom is -0.507 e. The lowest BCUT2D eigenvalue weighted by Crippen LogP contribution is -2.29. The van der Waals surface area contributed by atoms with Gasteiger partial charge in [0, 0.05) is 35.1 Å². The van der Waals surface area contributed by atoms with E-state index in [1.165, 1.54) is 19.1 Å². The van der Waals surface area contributed by atoms with Crippen LogP contribution in [0.2, 0.25) is 5.02 Å². The molecule has 2 heterocycles. The second-order valence-electron chi connectivity index (χ2n) is 7.40. The van der Waals surface area contributed by atoms with Crippen LogP contribution < -0.4 is 9.47 Å². The Morgan fingerprint density at radius 3 is 2.48 bits per heavy atom. The van der Waals surface area contributed by atoms with E-state index in [1.54, 1.807) is 60.9 Å². The zero-order chi connectivity index (χ0) is 23.5. The Morgan fingerprint density at radius 1 is 1.09 bits per heavy atom. The molecular weight excluding hydrogens is 444 g/mol. The van der Waals surface area contributed by atoms with Crippen molar-refractivity contribution in [3.63, 3.8) is 0 Å². The molecule has 0 saturated carbocycles. The largest absolute Gasteiger partial charge is 0.507 e. The maximum Gasteiger partial charge on any atom is 0.295 e. The number of methoxy groups -OCH3 is 2. The number of likely N-dealkylation sites (tertiary alicyclic amines) is 1. The number of pyridine rings is 1. The van der Waals surface area contributed by atoms with Crippen molar-refractivity contribution >= 4 is 29.1 Å². The molecule has 1 aliphatic rings. The number of aromatic nitrogens is 1. The van der Waals surface area contributed by atoms with Gasteiger partial charge in [-0.3, -0.25) is 14.6 Å². The minimum atomic E-state index is -0.911. The van der Waals surface area contributed by atoms with Crippen molar-refractivity contribution in [1.29, 1.82) is 0 Å². The third kappa shape index (κ3) is 4.27. The molecule has 0 radical (unpaired) electrons. The van der Waals surface area contributed by atoms with Crippen molar-refractivity contribution in [2.75, 3.05) is 14.2 Å². The van der Waals surface area contributed by atoms with Crippen molar-refractivity contribution in [1.82, 2.24) is 9.88 Å². The summed E-state index contributed by atoms with van der Waals surface area (Å²) in [6.45, 7) is 0.112. The van der Waals surface area contributed by atoms with Crippen LogP contribution in [0.1, 0.15) is 22.7 Å². The first-order chi connectivity index (χ1) is 15.9. The Kier molecular flexibility index (Phi) is 6.33. The molecule has 1 N–H and O–H groups in total. The second kappa shape index (κ2) is 9.34. The highest BCUT2D eigenvalue weighted by Gasteiger charge is 2.47. The van der Waals surface area contributed by atoms with Crippen LogP contribution in [0.3, 0.4) is 0 Å². The van der Waals surface area contributed by atoms with Gasteiger partial charge in [-0.15, -0.1) is 0 Å². The monoisotopic (exact) mass is 464 g/mol. The Bertz CT molecular complexity index is 1230. The number of aliphatic hydroxyl groups excluding tert-OH is 1. The lowest BCUT2D eigenvalue weighted by Gasteiger charge is -2.27. The molecule has 1 aromatic heterocycles. The molecule has 0 bridgehead atoms. The zero-order valence-corrected chi connectivity index (χ0v) is 18.7. The standard InChI is InChI=1S/C25H21ClN2O5/c1-32-18-9-10-20(33-2)19(12-18)22-21(23(29)16-5-7-17(26)8-6-16)24(30)25(31)28(22)14-15-4-3-11-27-13-15/h3-13,22,29H,14H2,1-2H3/t22-/m1/s1. The maximum atomic E-state index is 13.2. The van der Waals surface area contributed by atoms with E-state index in [1.807, 2.05) is 6.07 Å². The smallest absolute Gasteiger partial charge is 0.295 e. The van der Waals surface area contributed by atoms with Crippen molar-refractivity contribution in [3.05, 3.63) is 94.3 Å². The maximum absolute atomic E-state index is 13.2. The van der Waals surface area contributed by atoms with Gasteiger partial charge in [0.25, 0.3) is 11.7 Å². The number of halogens is 1. The third-order valence-corrected chi connectivity index (χ3v) is 5.72. The number of amides is 1.